The van der Waals surface area contributed by atoms with Crippen LogP contribution in [0.5, 0.6) is 11.5 Å². The van der Waals surface area contributed by atoms with Gasteiger partial charge in [0.1, 0.15) is 11.5 Å². The summed E-state index contributed by atoms with van der Waals surface area (Å²) in [6, 6.07) is 2.96. The fourth-order valence-electron chi connectivity index (χ4n) is 1.97. The van der Waals surface area contributed by atoms with Crippen molar-refractivity contribution in [2.75, 3.05) is 11.4 Å². The minimum Gasteiger partial charge on any atom is -0.506 e. The maximum Gasteiger partial charge on any atom is 0.573 e. The molecule has 1 fully saturated rings. The summed E-state index contributed by atoms with van der Waals surface area (Å²) in [4.78, 5) is 12.9. The summed E-state index contributed by atoms with van der Waals surface area (Å²) in [5.41, 5.74) is -0.0468. The first kappa shape index (κ1) is 14.1. The predicted octanol–water partition coefficient (Wildman–Crippen LogP) is 2.28. The highest BCUT2D eigenvalue weighted by Gasteiger charge is 2.33. The van der Waals surface area contributed by atoms with E-state index in [0.29, 0.717) is 0 Å². The van der Waals surface area contributed by atoms with Crippen molar-refractivity contribution in [2.45, 2.75) is 12.8 Å². The van der Waals surface area contributed by atoms with Crippen LogP contribution in [-0.4, -0.2) is 23.9 Å². The van der Waals surface area contributed by atoms with Gasteiger partial charge in [-0.2, -0.15) is 0 Å². The summed E-state index contributed by atoms with van der Waals surface area (Å²) in [6.45, 7) is 0.151. The van der Waals surface area contributed by atoms with Crippen molar-refractivity contribution in [3.8, 4) is 23.8 Å². The molecule has 1 atom stereocenters. The van der Waals surface area contributed by atoms with Crippen LogP contribution in [0.2, 0.25) is 0 Å². The minimum absolute atomic E-state index is 0.0468. The third-order valence-corrected chi connectivity index (χ3v) is 2.83. The fraction of sp³-hybridized carbons (Fsp3) is 0.308. The quantitative estimate of drug-likeness (QED) is 0.848. The molecule has 2 rings (SSSR count). The third kappa shape index (κ3) is 2.96. The number of aromatic hydroxyl groups is 1. The first-order valence-corrected chi connectivity index (χ1v) is 5.65. The maximum absolute atomic E-state index is 12.2. The lowest BCUT2D eigenvalue weighted by atomic mass is 10.1. The van der Waals surface area contributed by atoms with E-state index in [4.69, 9.17) is 6.42 Å². The van der Waals surface area contributed by atoms with E-state index in [-0.39, 0.29) is 36.2 Å². The third-order valence-electron chi connectivity index (χ3n) is 2.83. The van der Waals surface area contributed by atoms with Crippen LogP contribution in [0.15, 0.2) is 18.2 Å². The van der Waals surface area contributed by atoms with Gasteiger partial charge in [-0.15, -0.1) is 25.5 Å². The van der Waals surface area contributed by atoms with Gasteiger partial charge in [0.15, 0.2) is 0 Å². The van der Waals surface area contributed by atoms with Gasteiger partial charge < -0.3 is 14.7 Å². The van der Waals surface area contributed by atoms with Crippen LogP contribution in [-0.2, 0) is 4.79 Å². The number of anilines is 1. The first-order valence-electron chi connectivity index (χ1n) is 5.65. The number of alkyl halides is 3. The Morgan fingerprint density at radius 2 is 2.15 bits per heavy atom. The zero-order chi connectivity index (χ0) is 14.9. The molecule has 1 aromatic rings. The van der Waals surface area contributed by atoms with Crippen LogP contribution < -0.4 is 9.64 Å². The Morgan fingerprint density at radius 1 is 1.45 bits per heavy atom. The monoisotopic (exact) mass is 285 g/mol. The Hall–Kier alpha value is -2.36. The highest BCUT2D eigenvalue weighted by molar-refractivity contribution is 5.97. The molecule has 106 valence electrons. The van der Waals surface area contributed by atoms with Crippen molar-refractivity contribution < 1.29 is 27.8 Å². The zero-order valence-corrected chi connectivity index (χ0v) is 10.1. The number of ether oxygens (including phenoxy) is 1. The molecule has 1 unspecified atom stereocenters. The van der Waals surface area contributed by atoms with E-state index in [2.05, 4.69) is 10.7 Å². The fourth-order valence-corrected chi connectivity index (χ4v) is 1.97. The van der Waals surface area contributed by atoms with Crippen molar-refractivity contribution in [3.05, 3.63) is 18.2 Å². The molecule has 20 heavy (non-hydrogen) atoms. The number of phenols is 1. The summed E-state index contributed by atoms with van der Waals surface area (Å²) < 4.78 is 40.2. The van der Waals surface area contributed by atoms with Crippen LogP contribution >= 0.6 is 0 Å². The summed E-state index contributed by atoms with van der Waals surface area (Å²) in [5, 5.41) is 9.69. The van der Waals surface area contributed by atoms with Gasteiger partial charge in [-0.05, 0) is 12.1 Å². The molecule has 0 spiro atoms. The normalized spacial score (nSPS) is 19.0. The number of halogens is 3. The number of carbonyl (C=O) groups is 1. The summed E-state index contributed by atoms with van der Waals surface area (Å²) in [6.07, 6.45) is 0.478. The molecule has 0 saturated carbocycles. The lowest BCUT2D eigenvalue weighted by Crippen LogP contribution is -2.25. The number of benzene rings is 1. The molecule has 7 heteroatoms. The Labute approximate surface area is 112 Å². The Morgan fingerprint density at radius 3 is 2.70 bits per heavy atom. The number of carbonyl (C=O) groups excluding carboxylic acids is 1. The number of hydrogen-bond donors (Lipinski definition) is 1. The van der Waals surface area contributed by atoms with E-state index in [9.17, 15) is 23.1 Å². The smallest absolute Gasteiger partial charge is 0.506 e. The van der Waals surface area contributed by atoms with Gasteiger partial charge in [0, 0.05) is 24.9 Å². The van der Waals surface area contributed by atoms with E-state index in [1.165, 1.54) is 0 Å². The summed E-state index contributed by atoms with van der Waals surface area (Å²) in [5.74, 6) is 0.906. The number of hydrogen-bond acceptors (Lipinski definition) is 3. The molecule has 1 aliphatic heterocycles. The van der Waals surface area contributed by atoms with E-state index < -0.39 is 12.1 Å². The second-order valence-electron chi connectivity index (χ2n) is 4.27. The van der Waals surface area contributed by atoms with Gasteiger partial charge in [0.05, 0.1) is 5.69 Å². The molecule has 1 amide bonds. The highest BCUT2D eigenvalue weighted by atomic mass is 19.4. The molecule has 1 aliphatic rings. The Balaban J connectivity index is 2.30. The van der Waals surface area contributed by atoms with Crippen LogP contribution in [0.3, 0.4) is 0 Å². The first-order chi connectivity index (χ1) is 9.30. The topological polar surface area (TPSA) is 49.8 Å². The SMILES string of the molecule is C#CC1CC(=O)N(c2cc(OC(F)(F)F)ccc2O)C1. The number of terminal acetylenes is 1. The molecular weight excluding hydrogens is 275 g/mol. The number of amides is 1. The average Bonchev–Trinajstić information content (AvgIpc) is 2.71. The van der Waals surface area contributed by atoms with Crippen LogP contribution in [0.4, 0.5) is 18.9 Å². The van der Waals surface area contributed by atoms with Gasteiger partial charge >= 0.3 is 6.36 Å². The number of phenolic OH excluding ortho intramolecular Hbond substituents is 1. The second-order valence-corrected chi connectivity index (χ2v) is 4.27. The van der Waals surface area contributed by atoms with E-state index in [0.717, 1.165) is 23.1 Å². The molecule has 4 nitrogen and oxygen atoms in total. The van der Waals surface area contributed by atoms with Gasteiger partial charge in [0.2, 0.25) is 5.91 Å². The van der Waals surface area contributed by atoms with Gasteiger partial charge in [0.25, 0.3) is 0 Å². The Kier molecular flexibility index (Phi) is 3.49. The highest BCUT2D eigenvalue weighted by Crippen LogP contribution is 2.36. The van der Waals surface area contributed by atoms with Gasteiger partial charge in [-0.1, -0.05) is 0 Å². The van der Waals surface area contributed by atoms with Crippen molar-refractivity contribution in [1.29, 1.82) is 0 Å². The van der Waals surface area contributed by atoms with Crippen molar-refractivity contribution in [2.24, 2.45) is 5.92 Å². The zero-order valence-electron chi connectivity index (χ0n) is 10.1. The lowest BCUT2D eigenvalue weighted by Gasteiger charge is -2.18. The second kappa shape index (κ2) is 4.96. The molecule has 1 saturated heterocycles. The van der Waals surface area contributed by atoms with Crippen molar-refractivity contribution in [1.82, 2.24) is 0 Å². The molecular formula is C13H10F3NO3. The van der Waals surface area contributed by atoms with E-state index in [1.807, 2.05) is 0 Å². The van der Waals surface area contributed by atoms with Crippen LogP contribution in [0.1, 0.15) is 6.42 Å². The van der Waals surface area contributed by atoms with E-state index >= 15 is 0 Å². The number of nitrogens with zero attached hydrogens (tertiary/aromatic N) is 1. The molecule has 0 bridgehead atoms. The molecule has 0 aliphatic carbocycles. The van der Waals surface area contributed by atoms with Crippen LogP contribution in [0.25, 0.3) is 0 Å². The van der Waals surface area contributed by atoms with Crippen molar-refractivity contribution in [3.63, 3.8) is 0 Å². The Bertz CT molecular complexity index is 577. The molecule has 0 radical (unpaired) electrons. The van der Waals surface area contributed by atoms with Gasteiger partial charge in [-0.25, -0.2) is 0 Å². The molecule has 0 aromatic heterocycles. The van der Waals surface area contributed by atoms with Crippen molar-refractivity contribution >= 4 is 11.6 Å². The standard InChI is InChI=1S/C13H10F3NO3/c1-2-8-5-12(19)17(7-8)10-6-9(3-4-11(10)18)20-13(14,15)16/h1,3-4,6,8,18H,5,7H2. The average molecular weight is 285 g/mol. The maximum atomic E-state index is 12.2. The summed E-state index contributed by atoms with van der Waals surface area (Å²) >= 11 is 0. The summed E-state index contributed by atoms with van der Waals surface area (Å²) in [7, 11) is 0. The minimum atomic E-state index is -4.84. The number of rotatable bonds is 2. The molecule has 1 aromatic carbocycles. The van der Waals surface area contributed by atoms with E-state index in [1.54, 1.807) is 0 Å². The largest absolute Gasteiger partial charge is 0.573 e. The van der Waals surface area contributed by atoms with Crippen LogP contribution in [0, 0.1) is 18.3 Å². The lowest BCUT2D eigenvalue weighted by molar-refractivity contribution is -0.274. The molecule has 1 heterocycles. The predicted molar refractivity (Wildman–Crippen MR) is 64.1 cm³/mol. The molecule has 1 N–H and O–H groups in total. The van der Waals surface area contributed by atoms with Gasteiger partial charge in [-0.3, -0.25) is 4.79 Å².